The lowest BCUT2D eigenvalue weighted by molar-refractivity contribution is -0.116. The van der Waals surface area contributed by atoms with Crippen LogP contribution < -0.4 is 10.2 Å². The Bertz CT molecular complexity index is 1410. The topological polar surface area (TPSA) is 62.6 Å². The molecule has 0 saturated carbocycles. The van der Waals surface area contributed by atoms with Gasteiger partial charge in [-0.3, -0.25) is 14.5 Å². The standard InChI is InChI=1S/C28H22N2O3/c31-24-15-6-13-22-26(24)27(25-16-7-17-33-25)30(23-14-4-3-12-21(23)29-22)28(32)20-11-5-9-18-8-1-2-10-19(18)20/h1-5,7-12,14,16-17,27,29H,6,13,15H2/t27-/m1/s1. The number of hydrogen-bond acceptors (Lipinski definition) is 4. The number of ketones is 1. The third kappa shape index (κ3) is 3.16. The van der Waals surface area contributed by atoms with Crippen LogP contribution in [0, 0.1) is 0 Å². The number of benzene rings is 3. The van der Waals surface area contributed by atoms with E-state index in [0.717, 1.165) is 40.7 Å². The first-order chi connectivity index (χ1) is 16.2. The van der Waals surface area contributed by atoms with Gasteiger partial charge in [0.15, 0.2) is 5.78 Å². The van der Waals surface area contributed by atoms with Crippen LogP contribution >= 0.6 is 0 Å². The molecule has 0 saturated heterocycles. The summed E-state index contributed by atoms with van der Waals surface area (Å²) in [6.45, 7) is 0. The molecule has 6 rings (SSSR count). The number of Topliss-reactive ketones (excluding diaryl/α,β-unsaturated/α-hetero) is 1. The Morgan fingerprint density at radius 2 is 1.73 bits per heavy atom. The number of anilines is 2. The lowest BCUT2D eigenvalue weighted by Gasteiger charge is -2.32. The molecule has 5 heteroatoms. The Morgan fingerprint density at radius 1 is 0.909 bits per heavy atom. The first-order valence-corrected chi connectivity index (χ1v) is 11.2. The second-order valence-corrected chi connectivity index (χ2v) is 8.43. The number of furan rings is 1. The number of para-hydroxylation sites is 2. The van der Waals surface area contributed by atoms with Gasteiger partial charge in [0.05, 0.1) is 17.6 Å². The molecule has 1 aliphatic heterocycles. The van der Waals surface area contributed by atoms with Gasteiger partial charge >= 0.3 is 0 Å². The molecule has 3 aromatic carbocycles. The summed E-state index contributed by atoms with van der Waals surface area (Å²) in [6, 6.07) is 24.3. The molecule has 0 radical (unpaired) electrons. The minimum atomic E-state index is -0.648. The zero-order valence-electron chi connectivity index (χ0n) is 18.0. The van der Waals surface area contributed by atoms with Crippen LogP contribution in [0.25, 0.3) is 10.8 Å². The Morgan fingerprint density at radius 3 is 2.61 bits per heavy atom. The van der Waals surface area contributed by atoms with Gasteiger partial charge in [-0.05, 0) is 53.9 Å². The Hall–Kier alpha value is -4.12. The zero-order valence-corrected chi connectivity index (χ0v) is 18.0. The summed E-state index contributed by atoms with van der Waals surface area (Å²) in [4.78, 5) is 29.3. The van der Waals surface area contributed by atoms with Crippen molar-refractivity contribution in [2.75, 3.05) is 10.2 Å². The maximum absolute atomic E-state index is 14.3. The van der Waals surface area contributed by atoms with E-state index in [1.165, 1.54) is 0 Å². The highest BCUT2D eigenvalue weighted by Crippen LogP contribution is 2.45. The molecule has 2 aliphatic rings. The van der Waals surface area contributed by atoms with Crippen LogP contribution in [-0.2, 0) is 4.79 Å². The lowest BCUT2D eigenvalue weighted by atomic mass is 9.87. The summed E-state index contributed by atoms with van der Waals surface area (Å²) < 4.78 is 5.84. The first-order valence-electron chi connectivity index (χ1n) is 11.2. The van der Waals surface area contributed by atoms with Crippen LogP contribution in [0.15, 0.2) is 101 Å². The molecule has 1 atom stereocenters. The summed E-state index contributed by atoms with van der Waals surface area (Å²) in [6.07, 6.45) is 3.59. The second-order valence-electron chi connectivity index (χ2n) is 8.43. The van der Waals surface area contributed by atoms with Crippen LogP contribution in [0.2, 0.25) is 0 Å². The van der Waals surface area contributed by atoms with Crippen molar-refractivity contribution in [1.82, 2.24) is 0 Å². The molecule has 5 nitrogen and oxygen atoms in total. The maximum Gasteiger partial charge on any atom is 0.259 e. The van der Waals surface area contributed by atoms with Crippen LogP contribution in [-0.4, -0.2) is 11.7 Å². The molecule has 1 aliphatic carbocycles. The molecule has 4 aromatic rings. The molecule has 0 bridgehead atoms. The molecule has 0 fully saturated rings. The predicted octanol–water partition coefficient (Wildman–Crippen LogP) is 6.25. The van der Waals surface area contributed by atoms with Crippen molar-refractivity contribution in [3.8, 4) is 0 Å². The van der Waals surface area contributed by atoms with Gasteiger partial charge in [0, 0.05) is 23.3 Å². The summed E-state index contributed by atoms with van der Waals surface area (Å²) in [5.74, 6) is 0.452. The van der Waals surface area contributed by atoms with Gasteiger partial charge < -0.3 is 9.73 Å². The van der Waals surface area contributed by atoms with Crippen LogP contribution in [0.4, 0.5) is 11.4 Å². The van der Waals surface area contributed by atoms with Gasteiger partial charge in [-0.1, -0.05) is 48.5 Å². The number of nitrogens with zero attached hydrogens (tertiary/aromatic N) is 1. The van der Waals surface area contributed by atoms with E-state index in [2.05, 4.69) is 5.32 Å². The average Bonchev–Trinajstić information content (AvgIpc) is 3.33. The number of hydrogen-bond donors (Lipinski definition) is 1. The lowest BCUT2D eigenvalue weighted by Crippen LogP contribution is -2.38. The van der Waals surface area contributed by atoms with Crippen LogP contribution in [0.5, 0.6) is 0 Å². The SMILES string of the molecule is O=C1CCCC2=C1[C@@H](c1ccco1)N(C(=O)c1cccc3ccccc13)c1ccccc1N2. The Balaban J connectivity index is 1.63. The van der Waals surface area contributed by atoms with Crippen molar-refractivity contribution in [2.45, 2.75) is 25.3 Å². The minimum absolute atomic E-state index is 0.0497. The summed E-state index contributed by atoms with van der Waals surface area (Å²) in [5, 5.41) is 5.35. The van der Waals surface area contributed by atoms with E-state index in [1.54, 1.807) is 17.2 Å². The highest BCUT2D eigenvalue weighted by Gasteiger charge is 2.41. The normalized spacial score (nSPS) is 17.9. The van der Waals surface area contributed by atoms with Crippen molar-refractivity contribution in [2.24, 2.45) is 0 Å². The number of allylic oxidation sites excluding steroid dienone is 1. The predicted molar refractivity (Wildman–Crippen MR) is 128 cm³/mol. The summed E-state index contributed by atoms with van der Waals surface area (Å²) in [7, 11) is 0. The zero-order chi connectivity index (χ0) is 22.4. The fraction of sp³-hybridized carbons (Fsp3) is 0.143. The number of fused-ring (bicyclic) bond motifs is 2. The maximum atomic E-state index is 14.3. The average molecular weight is 434 g/mol. The fourth-order valence-corrected chi connectivity index (χ4v) is 5.02. The van der Waals surface area contributed by atoms with Gasteiger partial charge in [-0.25, -0.2) is 0 Å². The van der Waals surface area contributed by atoms with E-state index in [-0.39, 0.29) is 11.7 Å². The van der Waals surface area contributed by atoms with E-state index < -0.39 is 6.04 Å². The molecule has 1 N–H and O–H groups in total. The van der Waals surface area contributed by atoms with Gasteiger partial charge in [0.1, 0.15) is 11.8 Å². The minimum Gasteiger partial charge on any atom is -0.467 e. The summed E-state index contributed by atoms with van der Waals surface area (Å²) >= 11 is 0. The van der Waals surface area contributed by atoms with Gasteiger partial charge in [0.25, 0.3) is 5.91 Å². The molecule has 1 aromatic heterocycles. The van der Waals surface area contributed by atoms with E-state index >= 15 is 0 Å². The molecule has 0 spiro atoms. The van der Waals surface area contributed by atoms with E-state index in [9.17, 15) is 9.59 Å². The van der Waals surface area contributed by atoms with Crippen LogP contribution in [0.3, 0.4) is 0 Å². The Labute approximate surface area is 191 Å². The van der Waals surface area contributed by atoms with Gasteiger partial charge in [-0.15, -0.1) is 0 Å². The van der Waals surface area contributed by atoms with E-state index in [1.807, 2.05) is 72.8 Å². The number of carbonyl (C=O) groups excluding carboxylic acids is 2. The largest absolute Gasteiger partial charge is 0.467 e. The molecule has 1 amide bonds. The van der Waals surface area contributed by atoms with Gasteiger partial charge in [-0.2, -0.15) is 0 Å². The first kappa shape index (κ1) is 19.6. The molecule has 2 heterocycles. The number of rotatable bonds is 2. The number of amides is 1. The number of carbonyl (C=O) groups is 2. The molecule has 0 unspecified atom stereocenters. The van der Waals surface area contributed by atoms with Crippen LogP contribution in [0.1, 0.15) is 41.4 Å². The third-order valence-electron chi connectivity index (χ3n) is 6.49. The monoisotopic (exact) mass is 434 g/mol. The molecular formula is C28H22N2O3. The quantitative estimate of drug-likeness (QED) is 0.405. The highest BCUT2D eigenvalue weighted by molar-refractivity contribution is 6.17. The van der Waals surface area contributed by atoms with Crippen molar-refractivity contribution >= 4 is 33.8 Å². The molecular weight excluding hydrogens is 412 g/mol. The highest BCUT2D eigenvalue weighted by atomic mass is 16.3. The van der Waals surface area contributed by atoms with Crippen molar-refractivity contribution < 1.29 is 14.0 Å². The third-order valence-corrected chi connectivity index (χ3v) is 6.49. The smallest absolute Gasteiger partial charge is 0.259 e. The van der Waals surface area contributed by atoms with Crippen molar-refractivity contribution in [3.05, 3.63) is 108 Å². The Kier molecular flexibility index (Phi) is 4.61. The van der Waals surface area contributed by atoms with Crippen molar-refractivity contribution in [1.29, 1.82) is 0 Å². The molecule has 33 heavy (non-hydrogen) atoms. The van der Waals surface area contributed by atoms with Gasteiger partial charge in [0.2, 0.25) is 0 Å². The second kappa shape index (κ2) is 7.78. The fourth-order valence-electron chi connectivity index (χ4n) is 5.02. The van der Waals surface area contributed by atoms with Crippen molar-refractivity contribution in [3.63, 3.8) is 0 Å². The van der Waals surface area contributed by atoms with E-state index in [4.69, 9.17) is 4.42 Å². The van der Waals surface area contributed by atoms with E-state index in [0.29, 0.717) is 23.3 Å². The number of nitrogens with one attached hydrogen (secondary N) is 1. The summed E-state index contributed by atoms with van der Waals surface area (Å²) in [5.41, 5.74) is 3.60. The molecule has 162 valence electrons.